The van der Waals surface area contributed by atoms with Gasteiger partial charge in [-0.1, -0.05) is 43.0 Å². The van der Waals surface area contributed by atoms with Gasteiger partial charge in [0.15, 0.2) is 5.16 Å². The number of nitrogens with one attached hydrogen (secondary N) is 1. The fraction of sp³-hybridized carbons (Fsp3) is 0.318. The second-order valence-corrected chi connectivity index (χ2v) is 7.57. The standard InChI is InChI=1S/C22H25N3O4S/c1-2-14-29-19-11-6-5-10-18(19)23-20(27)15-30-22-24-17-9-4-3-8-16(17)21(28)25(22)12-7-13-26/h3-6,8-11,26H,2,7,12-15H2,1H3,(H,23,27). The van der Waals surface area contributed by atoms with E-state index in [1.54, 1.807) is 24.3 Å². The second kappa shape index (κ2) is 10.8. The van der Waals surface area contributed by atoms with Crippen molar-refractivity contribution < 1.29 is 14.6 Å². The molecule has 0 atom stereocenters. The molecule has 1 aromatic heterocycles. The highest BCUT2D eigenvalue weighted by Crippen LogP contribution is 2.25. The molecule has 0 aliphatic carbocycles. The molecule has 2 N–H and O–H groups in total. The Balaban J connectivity index is 1.76. The molecule has 8 heteroatoms. The van der Waals surface area contributed by atoms with Crippen LogP contribution < -0.4 is 15.6 Å². The molecule has 1 amide bonds. The summed E-state index contributed by atoms with van der Waals surface area (Å²) < 4.78 is 7.20. The van der Waals surface area contributed by atoms with E-state index in [9.17, 15) is 14.7 Å². The van der Waals surface area contributed by atoms with Crippen molar-refractivity contribution in [3.05, 3.63) is 58.9 Å². The van der Waals surface area contributed by atoms with E-state index in [0.717, 1.165) is 6.42 Å². The van der Waals surface area contributed by atoms with Crippen LogP contribution in [0.3, 0.4) is 0 Å². The number of para-hydroxylation sites is 3. The molecular weight excluding hydrogens is 402 g/mol. The summed E-state index contributed by atoms with van der Waals surface area (Å²) in [5, 5.41) is 13.0. The summed E-state index contributed by atoms with van der Waals surface area (Å²) in [5.74, 6) is 0.497. The number of ether oxygens (including phenoxy) is 1. The zero-order valence-electron chi connectivity index (χ0n) is 16.8. The van der Waals surface area contributed by atoms with Gasteiger partial charge in [-0.15, -0.1) is 0 Å². The molecule has 0 radical (unpaired) electrons. The number of amides is 1. The van der Waals surface area contributed by atoms with E-state index < -0.39 is 0 Å². The van der Waals surface area contributed by atoms with E-state index in [-0.39, 0.29) is 23.8 Å². The van der Waals surface area contributed by atoms with E-state index in [4.69, 9.17) is 4.74 Å². The molecule has 30 heavy (non-hydrogen) atoms. The average molecular weight is 428 g/mol. The lowest BCUT2D eigenvalue weighted by atomic mass is 10.2. The van der Waals surface area contributed by atoms with Gasteiger partial charge in [-0.2, -0.15) is 0 Å². The van der Waals surface area contributed by atoms with Crippen molar-refractivity contribution in [2.75, 3.05) is 24.3 Å². The van der Waals surface area contributed by atoms with Gasteiger partial charge in [-0.25, -0.2) is 4.98 Å². The average Bonchev–Trinajstić information content (AvgIpc) is 2.76. The number of nitrogens with zero attached hydrogens (tertiary/aromatic N) is 2. The number of rotatable bonds is 10. The van der Waals surface area contributed by atoms with E-state index in [1.165, 1.54) is 16.3 Å². The SMILES string of the molecule is CCCOc1ccccc1NC(=O)CSc1nc2ccccc2c(=O)n1CCCO. The van der Waals surface area contributed by atoms with Crippen LogP contribution in [0.15, 0.2) is 58.5 Å². The monoisotopic (exact) mass is 427 g/mol. The van der Waals surface area contributed by atoms with Gasteiger partial charge < -0.3 is 15.2 Å². The van der Waals surface area contributed by atoms with Crippen molar-refractivity contribution in [2.45, 2.75) is 31.5 Å². The van der Waals surface area contributed by atoms with Crippen LogP contribution in [0.1, 0.15) is 19.8 Å². The van der Waals surface area contributed by atoms with Crippen LogP contribution in [-0.2, 0) is 11.3 Å². The Morgan fingerprint density at radius 1 is 1.20 bits per heavy atom. The minimum atomic E-state index is -0.219. The molecule has 3 aromatic rings. The summed E-state index contributed by atoms with van der Waals surface area (Å²) >= 11 is 1.19. The van der Waals surface area contributed by atoms with Gasteiger partial charge in [0.1, 0.15) is 5.75 Å². The molecule has 0 saturated carbocycles. The first kappa shape index (κ1) is 21.9. The number of benzene rings is 2. The van der Waals surface area contributed by atoms with Crippen molar-refractivity contribution in [1.29, 1.82) is 0 Å². The first-order valence-corrected chi connectivity index (χ1v) is 10.9. The predicted molar refractivity (Wildman–Crippen MR) is 119 cm³/mol. The Bertz CT molecular complexity index is 1070. The van der Waals surface area contributed by atoms with E-state index in [0.29, 0.717) is 47.1 Å². The molecular formula is C22H25N3O4S. The number of anilines is 1. The molecule has 0 bridgehead atoms. The number of aliphatic hydroxyl groups is 1. The number of thioether (sulfide) groups is 1. The van der Waals surface area contributed by atoms with Gasteiger partial charge in [0, 0.05) is 13.2 Å². The van der Waals surface area contributed by atoms with Crippen LogP contribution in [0, 0.1) is 0 Å². The molecule has 7 nitrogen and oxygen atoms in total. The molecule has 158 valence electrons. The molecule has 0 saturated heterocycles. The van der Waals surface area contributed by atoms with E-state index >= 15 is 0 Å². The van der Waals surface area contributed by atoms with E-state index in [2.05, 4.69) is 10.3 Å². The zero-order chi connectivity index (χ0) is 21.3. The first-order chi connectivity index (χ1) is 14.6. The fourth-order valence-electron chi connectivity index (χ4n) is 2.91. The largest absolute Gasteiger partial charge is 0.491 e. The highest BCUT2D eigenvalue weighted by Gasteiger charge is 2.14. The molecule has 1 heterocycles. The Kier molecular flexibility index (Phi) is 7.87. The quantitative estimate of drug-likeness (QED) is 0.381. The summed E-state index contributed by atoms with van der Waals surface area (Å²) in [5.41, 5.74) is 1.03. The molecule has 3 rings (SSSR count). The summed E-state index contributed by atoms with van der Waals surface area (Å²) in [6.07, 6.45) is 1.30. The maximum atomic E-state index is 12.8. The maximum absolute atomic E-state index is 12.8. The van der Waals surface area contributed by atoms with Crippen LogP contribution in [0.2, 0.25) is 0 Å². The van der Waals surface area contributed by atoms with E-state index in [1.807, 2.05) is 31.2 Å². The summed E-state index contributed by atoms with van der Waals surface area (Å²) in [4.78, 5) is 30.0. The normalized spacial score (nSPS) is 10.9. The van der Waals surface area contributed by atoms with Crippen molar-refractivity contribution in [2.24, 2.45) is 0 Å². The smallest absolute Gasteiger partial charge is 0.262 e. The van der Waals surface area contributed by atoms with Gasteiger partial charge in [0.25, 0.3) is 5.56 Å². The van der Waals surface area contributed by atoms with Crippen molar-refractivity contribution in [3.8, 4) is 5.75 Å². The van der Waals surface area contributed by atoms with Crippen molar-refractivity contribution >= 4 is 34.3 Å². The molecule has 0 spiro atoms. The number of aromatic nitrogens is 2. The summed E-state index contributed by atoms with van der Waals surface area (Å²) in [7, 11) is 0. The fourth-order valence-corrected chi connectivity index (χ4v) is 3.73. The lowest BCUT2D eigenvalue weighted by molar-refractivity contribution is -0.113. The Labute approximate surface area is 179 Å². The third-order valence-electron chi connectivity index (χ3n) is 4.32. The molecule has 2 aromatic carbocycles. The number of carbonyl (C=O) groups is 1. The number of fused-ring (bicyclic) bond motifs is 1. The van der Waals surface area contributed by atoms with Gasteiger partial charge in [-0.05, 0) is 37.1 Å². The Morgan fingerprint density at radius 2 is 1.97 bits per heavy atom. The zero-order valence-corrected chi connectivity index (χ0v) is 17.7. The topological polar surface area (TPSA) is 93.5 Å². The van der Waals surface area contributed by atoms with Crippen LogP contribution in [0.4, 0.5) is 5.69 Å². The summed E-state index contributed by atoms with van der Waals surface area (Å²) in [6.45, 7) is 2.90. The minimum absolute atomic E-state index is 0.0294. The van der Waals surface area contributed by atoms with Crippen molar-refractivity contribution in [1.82, 2.24) is 9.55 Å². The Morgan fingerprint density at radius 3 is 2.77 bits per heavy atom. The maximum Gasteiger partial charge on any atom is 0.262 e. The highest BCUT2D eigenvalue weighted by atomic mass is 32.2. The Hall–Kier alpha value is -2.84. The second-order valence-electron chi connectivity index (χ2n) is 6.63. The van der Waals surface area contributed by atoms with Crippen LogP contribution in [0.25, 0.3) is 10.9 Å². The molecule has 0 aliphatic heterocycles. The van der Waals surface area contributed by atoms with Gasteiger partial charge in [-0.3, -0.25) is 14.2 Å². The number of aliphatic hydroxyl groups excluding tert-OH is 1. The number of hydrogen-bond donors (Lipinski definition) is 2. The molecule has 0 unspecified atom stereocenters. The number of carbonyl (C=O) groups excluding carboxylic acids is 1. The lowest BCUT2D eigenvalue weighted by Gasteiger charge is -2.14. The van der Waals surface area contributed by atoms with Crippen molar-refractivity contribution in [3.63, 3.8) is 0 Å². The number of hydrogen-bond acceptors (Lipinski definition) is 6. The lowest BCUT2D eigenvalue weighted by Crippen LogP contribution is -2.25. The van der Waals surface area contributed by atoms with Gasteiger partial charge in [0.2, 0.25) is 5.91 Å². The third-order valence-corrected chi connectivity index (χ3v) is 5.30. The third kappa shape index (κ3) is 5.40. The first-order valence-electron chi connectivity index (χ1n) is 9.89. The van der Waals surface area contributed by atoms with Crippen LogP contribution in [0.5, 0.6) is 5.75 Å². The van der Waals surface area contributed by atoms with Gasteiger partial charge in [0.05, 0.1) is 29.0 Å². The highest BCUT2D eigenvalue weighted by molar-refractivity contribution is 7.99. The van der Waals surface area contributed by atoms with Crippen LogP contribution >= 0.6 is 11.8 Å². The minimum Gasteiger partial charge on any atom is -0.491 e. The van der Waals surface area contributed by atoms with Crippen LogP contribution in [-0.4, -0.2) is 39.5 Å². The van der Waals surface area contributed by atoms with Gasteiger partial charge >= 0.3 is 0 Å². The predicted octanol–water partition coefficient (Wildman–Crippen LogP) is 3.30. The molecule has 0 fully saturated rings. The summed E-state index contributed by atoms with van der Waals surface area (Å²) in [6, 6.07) is 14.4. The molecule has 0 aliphatic rings.